The maximum atomic E-state index is 13.5. The van der Waals surface area contributed by atoms with Crippen molar-refractivity contribution in [3.8, 4) is 0 Å². The van der Waals surface area contributed by atoms with Crippen LogP contribution in [0.15, 0.2) is 47.6 Å². The number of anilines is 1. The fraction of sp³-hybridized carbons (Fsp3) is 0.176. The number of hydrogen-bond acceptors (Lipinski definition) is 3. The van der Waals surface area contributed by atoms with Gasteiger partial charge in [0.1, 0.15) is 5.82 Å². The van der Waals surface area contributed by atoms with Crippen LogP contribution in [0.4, 0.5) is 10.1 Å². The molecule has 0 aromatic heterocycles. The van der Waals surface area contributed by atoms with Gasteiger partial charge in [-0.2, -0.15) is 0 Å². The van der Waals surface area contributed by atoms with Crippen molar-refractivity contribution in [3.05, 3.63) is 64.4 Å². The summed E-state index contributed by atoms with van der Waals surface area (Å²) in [4.78, 5) is 16.5. The fourth-order valence-electron chi connectivity index (χ4n) is 1.81. The number of nitrogens with zero attached hydrogens (tertiary/aromatic N) is 1. The molecule has 2 rings (SSSR count). The van der Waals surface area contributed by atoms with Crippen LogP contribution < -0.4 is 5.32 Å². The lowest BCUT2D eigenvalue weighted by Crippen LogP contribution is -2.17. The summed E-state index contributed by atoms with van der Waals surface area (Å²) in [6.45, 7) is 1.76. The minimum Gasteiger partial charge on any atom is -0.386 e. The number of aryl methyl sites for hydroxylation is 1. The van der Waals surface area contributed by atoms with Gasteiger partial charge in [0, 0.05) is 5.02 Å². The average molecular weight is 335 g/mol. The van der Waals surface area contributed by atoms with Crippen molar-refractivity contribution >= 4 is 29.4 Å². The molecule has 0 atom stereocenters. The van der Waals surface area contributed by atoms with Gasteiger partial charge in [0.15, 0.2) is 6.61 Å². The number of carbonyl (C=O) groups excluding carboxylic acids is 1. The molecule has 4 nitrogen and oxygen atoms in total. The van der Waals surface area contributed by atoms with Crippen LogP contribution in [-0.4, -0.2) is 18.7 Å². The van der Waals surface area contributed by atoms with Gasteiger partial charge in [0.2, 0.25) is 0 Å². The predicted molar refractivity (Wildman–Crippen MR) is 89.4 cm³/mol. The summed E-state index contributed by atoms with van der Waals surface area (Å²) < 4.78 is 13.5. The van der Waals surface area contributed by atoms with Crippen LogP contribution in [0.25, 0.3) is 0 Å². The first-order valence-corrected chi connectivity index (χ1v) is 7.45. The first-order chi connectivity index (χ1) is 11.1. The molecule has 0 spiro atoms. The molecular weight excluding hydrogens is 319 g/mol. The Kier molecular flexibility index (Phi) is 6.11. The summed E-state index contributed by atoms with van der Waals surface area (Å²) in [5.74, 6) is -1.12. The highest BCUT2D eigenvalue weighted by molar-refractivity contribution is 6.30. The second-order valence-corrected chi connectivity index (χ2v) is 5.21. The standard InChI is InChI=1S/C17H16ClFN2O2/c1-2-12-3-5-13(6-4-12)10-20-23-11-17(22)21-16-8-7-14(18)9-15(16)19/h3-10H,2,11H2,1H3,(H,21,22)/b20-10-. The van der Waals surface area contributed by atoms with E-state index in [4.69, 9.17) is 16.4 Å². The Balaban J connectivity index is 1.80. The Labute approximate surface area is 138 Å². The molecule has 1 N–H and O–H groups in total. The Bertz CT molecular complexity index is 702. The van der Waals surface area contributed by atoms with Crippen LogP contribution in [0.5, 0.6) is 0 Å². The van der Waals surface area contributed by atoms with Gasteiger partial charge in [0.25, 0.3) is 5.91 Å². The fourth-order valence-corrected chi connectivity index (χ4v) is 1.97. The van der Waals surface area contributed by atoms with Crippen molar-refractivity contribution in [1.82, 2.24) is 0 Å². The third-order valence-corrected chi connectivity index (χ3v) is 3.30. The van der Waals surface area contributed by atoms with Crippen molar-refractivity contribution in [1.29, 1.82) is 0 Å². The third kappa shape index (κ3) is 5.38. The highest BCUT2D eigenvalue weighted by Gasteiger charge is 2.07. The molecule has 0 aliphatic heterocycles. The van der Waals surface area contributed by atoms with Gasteiger partial charge < -0.3 is 10.2 Å². The number of oxime groups is 1. The predicted octanol–water partition coefficient (Wildman–Crippen LogP) is 4.03. The number of halogens is 2. The summed E-state index contributed by atoms with van der Waals surface area (Å²) in [7, 11) is 0. The molecule has 0 fully saturated rings. The molecule has 120 valence electrons. The maximum Gasteiger partial charge on any atom is 0.265 e. The van der Waals surface area contributed by atoms with Crippen molar-refractivity contribution in [2.75, 3.05) is 11.9 Å². The van der Waals surface area contributed by atoms with Crippen LogP contribution in [0.3, 0.4) is 0 Å². The molecule has 2 aromatic carbocycles. The molecule has 2 aromatic rings. The van der Waals surface area contributed by atoms with Crippen molar-refractivity contribution in [2.45, 2.75) is 13.3 Å². The largest absolute Gasteiger partial charge is 0.386 e. The highest BCUT2D eigenvalue weighted by Crippen LogP contribution is 2.18. The molecule has 0 saturated heterocycles. The van der Waals surface area contributed by atoms with Crippen LogP contribution in [0.1, 0.15) is 18.1 Å². The zero-order chi connectivity index (χ0) is 16.7. The number of nitrogens with one attached hydrogen (secondary N) is 1. The van der Waals surface area contributed by atoms with Gasteiger partial charge in [-0.05, 0) is 35.7 Å². The SMILES string of the molecule is CCc1ccc(/C=N\OCC(=O)Nc2ccc(Cl)cc2F)cc1. The molecule has 23 heavy (non-hydrogen) atoms. The molecule has 0 unspecified atom stereocenters. The molecule has 0 bridgehead atoms. The molecule has 0 heterocycles. The van der Waals surface area contributed by atoms with Crippen molar-refractivity contribution in [3.63, 3.8) is 0 Å². The van der Waals surface area contributed by atoms with Crippen LogP contribution in [0, 0.1) is 5.82 Å². The molecule has 6 heteroatoms. The van der Waals surface area contributed by atoms with E-state index >= 15 is 0 Å². The van der Waals surface area contributed by atoms with E-state index in [1.54, 1.807) is 0 Å². The number of rotatable bonds is 6. The smallest absolute Gasteiger partial charge is 0.265 e. The molecule has 0 aliphatic rings. The van der Waals surface area contributed by atoms with Crippen LogP contribution in [-0.2, 0) is 16.1 Å². The Morgan fingerprint density at radius 3 is 2.70 bits per heavy atom. The Morgan fingerprint density at radius 2 is 2.04 bits per heavy atom. The van der Waals surface area contributed by atoms with Gasteiger partial charge in [-0.15, -0.1) is 0 Å². The summed E-state index contributed by atoms with van der Waals surface area (Å²) in [5, 5.41) is 6.35. The quantitative estimate of drug-likeness (QED) is 0.640. The zero-order valence-corrected chi connectivity index (χ0v) is 13.3. The number of benzene rings is 2. The molecular formula is C17H16ClFN2O2. The Hall–Kier alpha value is -2.40. The normalized spacial score (nSPS) is 10.7. The lowest BCUT2D eigenvalue weighted by atomic mass is 10.1. The molecule has 0 radical (unpaired) electrons. The van der Waals surface area contributed by atoms with E-state index in [0.29, 0.717) is 0 Å². The number of hydrogen-bond donors (Lipinski definition) is 1. The zero-order valence-electron chi connectivity index (χ0n) is 12.6. The van der Waals surface area contributed by atoms with Crippen molar-refractivity contribution in [2.24, 2.45) is 5.16 Å². The van der Waals surface area contributed by atoms with E-state index in [0.717, 1.165) is 18.1 Å². The van der Waals surface area contributed by atoms with Gasteiger partial charge in [-0.1, -0.05) is 47.9 Å². The second-order valence-electron chi connectivity index (χ2n) is 4.78. The summed E-state index contributed by atoms with van der Waals surface area (Å²) >= 11 is 5.64. The number of amides is 1. The van der Waals surface area contributed by atoms with Crippen LogP contribution in [0.2, 0.25) is 5.02 Å². The lowest BCUT2D eigenvalue weighted by molar-refractivity contribution is -0.120. The highest BCUT2D eigenvalue weighted by atomic mass is 35.5. The van der Waals surface area contributed by atoms with E-state index in [1.807, 2.05) is 24.3 Å². The third-order valence-electron chi connectivity index (χ3n) is 3.07. The minimum atomic E-state index is -0.606. The second kappa shape index (κ2) is 8.29. The minimum absolute atomic E-state index is 0.0436. The van der Waals surface area contributed by atoms with Gasteiger partial charge in [-0.25, -0.2) is 4.39 Å². The van der Waals surface area contributed by atoms with E-state index in [1.165, 1.54) is 23.9 Å². The van der Waals surface area contributed by atoms with E-state index < -0.39 is 11.7 Å². The lowest BCUT2D eigenvalue weighted by Gasteiger charge is -2.05. The van der Waals surface area contributed by atoms with Gasteiger partial charge >= 0.3 is 0 Å². The van der Waals surface area contributed by atoms with E-state index in [2.05, 4.69) is 17.4 Å². The first kappa shape index (κ1) is 17.0. The van der Waals surface area contributed by atoms with E-state index in [-0.39, 0.29) is 17.3 Å². The van der Waals surface area contributed by atoms with Gasteiger partial charge in [-0.3, -0.25) is 4.79 Å². The first-order valence-electron chi connectivity index (χ1n) is 7.07. The van der Waals surface area contributed by atoms with Crippen molar-refractivity contribution < 1.29 is 14.0 Å². The summed E-state index contributed by atoms with van der Waals surface area (Å²) in [6, 6.07) is 11.8. The Morgan fingerprint density at radius 1 is 1.30 bits per heavy atom. The molecule has 0 aliphatic carbocycles. The monoisotopic (exact) mass is 334 g/mol. The molecule has 0 saturated carbocycles. The van der Waals surface area contributed by atoms with Gasteiger partial charge in [0.05, 0.1) is 11.9 Å². The van der Waals surface area contributed by atoms with Crippen LogP contribution >= 0.6 is 11.6 Å². The number of carbonyl (C=O) groups is 1. The topological polar surface area (TPSA) is 50.7 Å². The maximum absolute atomic E-state index is 13.5. The molecule has 1 amide bonds. The summed E-state index contributed by atoms with van der Waals surface area (Å²) in [5.41, 5.74) is 2.14. The average Bonchev–Trinajstić information content (AvgIpc) is 2.55. The summed E-state index contributed by atoms with van der Waals surface area (Å²) in [6.07, 6.45) is 2.48. The van der Waals surface area contributed by atoms with E-state index in [9.17, 15) is 9.18 Å².